The highest BCUT2D eigenvalue weighted by Crippen LogP contribution is 2.44. The third kappa shape index (κ3) is 19.8. The number of amides is 4. The number of aliphatic carboxylic acids is 1. The van der Waals surface area contributed by atoms with E-state index in [1.807, 2.05) is 69.3 Å². The number of hydrogen-bond acceptors (Lipinski definition) is 10. The normalized spacial score (nSPS) is 14.8. The van der Waals surface area contributed by atoms with Crippen LogP contribution < -0.4 is 21.3 Å². The molecule has 2 aromatic carbocycles. The molecule has 4 amide bonds. The zero-order valence-electron chi connectivity index (χ0n) is 43.0. The minimum atomic E-state index is -1.55. The molecule has 1 aliphatic carbocycles. The molecule has 3 rings (SSSR count). The van der Waals surface area contributed by atoms with Crippen LogP contribution in [0.5, 0.6) is 0 Å². The molecule has 0 aliphatic heterocycles. The zero-order chi connectivity index (χ0) is 51.3. The predicted octanol–water partition coefficient (Wildman–Crippen LogP) is 9.14. The van der Waals surface area contributed by atoms with Crippen molar-refractivity contribution in [2.45, 2.75) is 201 Å². The Hall–Kier alpha value is -5.47. The van der Waals surface area contributed by atoms with Crippen LogP contribution in [0.1, 0.15) is 176 Å². The molecule has 0 radical (unpaired) electrons. The number of esters is 2. The van der Waals surface area contributed by atoms with Crippen molar-refractivity contribution in [2.24, 2.45) is 17.8 Å². The van der Waals surface area contributed by atoms with E-state index >= 15 is 0 Å². The van der Waals surface area contributed by atoms with Gasteiger partial charge in [0, 0.05) is 5.92 Å². The first kappa shape index (κ1) is 57.8. The monoisotopic (exact) mass is 963 g/mol. The Balaban J connectivity index is 1.76. The number of unbranched alkanes of at least 4 members (excludes halogenated alkanes) is 8. The topological polar surface area (TPSA) is 216 Å². The summed E-state index contributed by atoms with van der Waals surface area (Å²) in [4.78, 5) is 94.7. The smallest absolute Gasteiger partial charge is 0.407 e. The van der Waals surface area contributed by atoms with Gasteiger partial charge < -0.3 is 40.6 Å². The second-order valence-electron chi connectivity index (χ2n) is 20.4. The molecule has 0 spiro atoms. The van der Waals surface area contributed by atoms with E-state index in [-0.39, 0.29) is 31.3 Å². The molecule has 2 aromatic rings. The first-order valence-electron chi connectivity index (χ1n) is 25.3. The summed E-state index contributed by atoms with van der Waals surface area (Å²) in [7, 11) is 0. The van der Waals surface area contributed by atoms with Gasteiger partial charge in [-0.1, -0.05) is 155 Å². The van der Waals surface area contributed by atoms with Crippen LogP contribution in [0.2, 0.25) is 0 Å². The van der Waals surface area contributed by atoms with Crippen molar-refractivity contribution in [3.63, 3.8) is 0 Å². The number of carboxylic acid groups (broad SMARTS) is 1. The minimum absolute atomic E-state index is 0.00710. The molecule has 15 heteroatoms. The highest BCUT2D eigenvalue weighted by Gasteiger charge is 2.37. The number of ether oxygens (including phenoxy) is 3. The lowest BCUT2D eigenvalue weighted by atomic mass is 9.97. The van der Waals surface area contributed by atoms with Gasteiger partial charge in [-0.3, -0.25) is 24.0 Å². The molecule has 1 aliphatic rings. The summed E-state index contributed by atoms with van der Waals surface area (Å²) in [6.45, 7) is 17.9. The van der Waals surface area contributed by atoms with E-state index in [0.29, 0.717) is 19.3 Å². The van der Waals surface area contributed by atoms with Gasteiger partial charge in [0.25, 0.3) is 0 Å². The van der Waals surface area contributed by atoms with Gasteiger partial charge in [0.2, 0.25) is 17.7 Å². The van der Waals surface area contributed by atoms with Crippen LogP contribution in [-0.2, 0) is 43.0 Å². The Morgan fingerprint density at radius 1 is 0.652 bits per heavy atom. The largest absolute Gasteiger partial charge is 0.481 e. The van der Waals surface area contributed by atoms with Crippen molar-refractivity contribution in [1.29, 1.82) is 0 Å². The molecular weight excluding hydrogens is 881 g/mol. The van der Waals surface area contributed by atoms with Crippen LogP contribution >= 0.6 is 0 Å². The van der Waals surface area contributed by atoms with E-state index in [2.05, 4.69) is 28.2 Å². The molecule has 384 valence electrons. The molecule has 1 unspecified atom stereocenters. The minimum Gasteiger partial charge on any atom is -0.481 e. The summed E-state index contributed by atoms with van der Waals surface area (Å²) < 4.78 is 17.1. The number of nitrogens with one attached hydrogen (secondary N) is 4. The number of alkyl carbamates (subject to hydrolysis) is 1. The fourth-order valence-electron chi connectivity index (χ4n) is 8.54. The standard InChI is InChI=1S/C54H82N4O11/c1-11-13-14-15-16-17-18-19-20-25-37(31-45(59)60)68-52(65)48(36(7)12-2)57-50(63)43(30-34(3)4)55-49(62)44(32-46(61)69-54(8,9)10)56-51(64)47(35(5)6)58-53(66)67-33-42-40-28-23-21-26-38(40)39-27-22-24-29-41(39)42/h21-24,26-29,34-37,42-44,47-48H,11-20,25,30-33H2,1-10H3,(H,55,62)(H,56,64)(H,57,63)(H,58,66)(H,59,60)/t36-,37?,43+,44-,47-,48-/m0/s1. The Bertz CT molecular complexity index is 1950. The highest BCUT2D eigenvalue weighted by atomic mass is 16.6. The number of carboxylic acids is 1. The second kappa shape index (κ2) is 28.9. The van der Waals surface area contributed by atoms with Gasteiger partial charge in [-0.05, 0) is 80.0 Å². The zero-order valence-corrected chi connectivity index (χ0v) is 43.0. The quantitative estimate of drug-likeness (QED) is 0.0283. The lowest BCUT2D eigenvalue weighted by Crippen LogP contribution is -2.59. The Kier molecular flexibility index (Phi) is 24.2. The first-order chi connectivity index (χ1) is 32.6. The maximum atomic E-state index is 14.3. The van der Waals surface area contributed by atoms with E-state index in [0.717, 1.165) is 47.9 Å². The van der Waals surface area contributed by atoms with Gasteiger partial charge >= 0.3 is 24.0 Å². The van der Waals surface area contributed by atoms with E-state index in [1.54, 1.807) is 41.5 Å². The SMILES string of the molecule is CCCCCCCCCCCC(CC(=O)O)OC(=O)[C@@H](NC(=O)[C@@H](CC(C)C)NC(=O)[C@H](CC(=O)OC(C)(C)C)NC(=O)[C@@H](NC(=O)OCC1c2ccccc2-c2ccccc21)C(C)C)[C@@H](C)CC. The summed E-state index contributed by atoms with van der Waals surface area (Å²) in [5, 5.41) is 20.4. The maximum absolute atomic E-state index is 14.3. The maximum Gasteiger partial charge on any atom is 0.407 e. The van der Waals surface area contributed by atoms with Crippen LogP contribution in [0.4, 0.5) is 4.79 Å². The van der Waals surface area contributed by atoms with Crippen LogP contribution in [0.3, 0.4) is 0 Å². The van der Waals surface area contributed by atoms with E-state index in [1.165, 1.54) is 25.7 Å². The van der Waals surface area contributed by atoms with Gasteiger partial charge in [0.05, 0.1) is 12.8 Å². The average Bonchev–Trinajstić information content (AvgIpc) is 3.59. The summed E-state index contributed by atoms with van der Waals surface area (Å²) in [5.74, 6) is -6.29. The Morgan fingerprint density at radius 3 is 1.71 bits per heavy atom. The van der Waals surface area contributed by atoms with Gasteiger partial charge in [0.1, 0.15) is 42.5 Å². The third-order valence-electron chi connectivity index (χ3n) is 12.4. The first-order valence-corrected chi connectivity index (χ1v) is 25.3. The number of fused-ring (bicyclic) bond motifs is 3. The van der Waals surface area contributed by atoms with Crippen molar-refractivity contribution < 1.29 is 52.9 Å². The molecule has 69 heavy (non-hydrogen) atoms. The molecule has 0 heterocycles. The van der Waals surface area contributed by atoms with Crippen LogP contribution in [0, 0.1) is 17.8 Å². The van der Waals surface area contributed by atoms with Crippen molar-refractivity contribution in [3.05, 3.63) is 59.7 Å². The Morgan fingerprint density at radius 2 is 1.19 bits per heavy atom. The molecule has 0 bridgehead atoms. The molecular formula is C54H82N4O11. The molecule has 5 N–H and O–H groups in total. The number of benzene rings is 2. The molecule has 0 saturated heterocycles. The van der Waals surface area contributed by atoms with Crippen LogP contribution in [-0.4, -0.2) is 89.3 Å². The molecule has 0 aromatic heterocycles. The lowest BCUT2D eigenvalue weighted by Gasteiger charge is -2.29. The van der Waals surface area contributed by atoms with Gasteiger partial charge in [-0.25, -0.2) is 9.59 Å². The molecule has 15 nitrogen and oxygen atoms in total. The summed E-state index contributed by atoms with van der Waals surface area (Å²) in [6.07, 6.45) is 7.90. The van der Waals surface area contributed by atoms with Gasteiger partial charge in [-0.15, -0.1) is 0 Å². The van der Waals surface area contributed by atoms with Crippen molar-refractivity contribution >= 4 is 41.7 Å². The Labute approximate surface area is 410 Å². The number of rotatable bonds is 30. The van der Waals surface area contributed by atoms with Gasteiger partial charge in [-0.2, -0.15) is 0 Å². The van der Waals surface area contributed by atoms with E-state index in [9.17, 15) is 38.7 Å². The van der Waals surface area contributed by atoms with Crippen molar-refractivity contribution in [1.82, 2.24) is 21.3 Å². The van der Waals surface area contributed by atoms with Crippen molar-refractivity contribution in [3.8, 4) is 11.1 Å². The molecule has 6 atom stereocenters. The van der Waals surface area contributed by atoms with E-state index < -0.39 is 95.9 Å². The second-order valence-corrected chi connectivity index (χ2v) is 20.4. The lowest BCUT2D eigenvalue weighted by molar-refractivity contribution is -0.159. The summed E-state index contributed by atoms with van der Waals surface area (Å²) in [5.41, 5.74) is 3.23. The number of hydrogen-bond donors (Lipinski definition) is 5. The van der Waals surface area contributed by atoms with Crippen molar-refractivity contribution in [2.75, 3.05) is 6.61 Å². The number of carbonyl (C=O) groups excluding carboxylic acids is 6. The summed E-state index contributed by atoms with van der Waals surface area (Å²) >= 11 is 0. The summed E-state index contributed by atoms with van der Waals surface area (Å²) in [6, 6.07) is 10.7. The predicted molar refractivity (Wildman–Crippen MR) is 266 cm³/mol. The van der Waals surface area contributed by atoms with E-state index in [4.69, 9.17) is 14.2 Å². The van der Waals surface area contributed by atoms with Gasteiger partial charge in [0.15, 0.2) is 0 Å². The highest BCUT2D eigenvalue weighted by molar-refractivity contribution is 5.96. The van der Waals surface area contributed by atoms with Crippen LogP contribution in [0.15, 0.2) is 48.5 Å². The molecule has 0 fully saturated rings. The fraction of sp³-hybridized carbons (Fsp3) is 0.648. The molecule has 0 saturated carbocycles. The fourth-order valence-corrected chi connectivity index (χ4v) is 8.54. The average molecular weight is 963 g/mol. The van der Waals surface area contributed by atoms with Crippen LogP contribution in [0.25, 0.3) is 11.1 Å². The third-order valence-corrected chi connectivity index (χ3v) is 12.4. The number of carbonyl (C=O) groups is 7.